The SMILES string of the molecule is CCN1C(=O)[C@@H](N)COc2ccc(C)cc21. The van der Waals surface area contributed by atoms with Gasteiger partial charge in [-0.05, 0) is 31.5 Å². The molecule has 4 heteroatoms. The molecule has 0 aromatic heterocycles. The van der Waals surface area contributed by atoms with Gasteiger partial charge in [0.2, 0.25) is 5.91 Å². The van der Waals surface area contributed by atoms with Crippen molar-refractivity contribution in [2.75, 3.05) is 18.1 Å². The molecular weight excluding hydrogens is 204 g/mol. The van der Waals surface area contributed by atoms with Gasteiger partial charge in [0.25, 0.3) is 0 Å². The first-order valence-electron chi connectivity index (χ1n) is 5.44. The molecule has 0 aliphatic carbocycles. The van der Waals surface area contributed by atoms with Gasteiger partial charge in [-0.15, -0.1) is 0 Å². The van der Waals surface area contributed by atoms with E-state index in [0.29, 0.717) is 6.54 Å². The van der Waals surface area contributed by atoms with Crippen molar-refractivity contribution in [3.8, 4) is 5.75 Å². The lowest BCUT2D eigenvalue weighted by Gasteiger charge is -2.21. The van der Waals surface area contributed by atoms with E-state index in [1.807, 2.05) is 32.0 Å². The van der Waals surface area contributed by atoms with Crippen molar-refractivity contribution < 1.29 is 9.53 Å². The number of aryl methyl sites for hydroxylation is 1. The monoisotopic (exact) mass is 220 g/mol. The van der Waals surface area contributed by atoms with E-state index in [0.717, 1.165) is 17.0 Å². The highest BCUT2D eigenvalue weighted by Crippen LogP contribution is 2.31. The van der Waals surface area contributed by atoms with E-state index in [4.69, 9.17) is 10.5 Å². The Morgan fingerprint density at radius 2 is 2.31 bits per heavy atom. The third kappa shape index (κ3) is 1.76. The minimum absolute atomic E-state index is 0.0770. The third-order valence-electron chi connectivity index (χ3n) is 2.72. The summed E-state index contributed by atoms with van der Waals surface area (Å²) in [4.78, 5) is 13.7. The predicted molar refractivity (Wildman–Crippen MR) is 62.7 cm³/mol. The maximum Gasteiger partial charge on any atom is 0.247 e. The number of benzene rings is 1. The van der Waals surface area contributed by atoms with Gasteiger partial charge >= 0.3 is 0 Å². The molecule has 2 rings (SSSR count). The van der Waals surface area contributed by atoms with E-state index in [9.17, 15) is 4.79 Å². The molecule has 1 aliphatic heterocycles. The first kappa shape index (κ1) is 11.0. The number of nitrogens with two attached hydrogens (primary N) is 1. The van der Waals surface area contributed by atoms with E-state index < -0.39 is 6.04 Å². The van der Waals surface area contributed by atoms with Crippen molar-refractivity contribution in [2.45, 2.75) is 19.9 Å². The molecule has 16 heavy (non-hydrogen) atoms. The molecule has 1 aromatic carbocycles. The van der Waals surface area contributed by atoms with Crippen LogP contribution in [-0.4, -0.2) is 25.1 Å². The molecule has 0 fully saturated rings. The van der Waals surface area contributed by atoms with Gasteiger partial charge in [-0.3, -0.25) is 4.79 Å². The van der Waals surface area contributed by atoms with Gasteiger partial charge in [0, 0.05) is 6.54 Å². The van der Waals surface area contributed by atoms with E-state index in [1.54, 1.807) is 4.90 Å². The minimum atomic E-state index is -0.576. The van der Waals surface area contributed by atoms with Crippen molar-refractivity contribution >= 4 is 11.6 Å². The number of rotatable bonds is 1. The smallest absolute Gasteiger partial charge is 0.247 e. The highest BCUT2D eigenvalue weighted by molar-refractivity contribution is 5.99. The van der Waals surface area contributed by atoms with Gasteiger partial charge < -0.3 is 15.4 Å². The van der Waals surface area contributed by atoms with Crippen LogP contribution < -0.4 is 15.4 Å². The highest BCUT2D eigenvalue weighted by Gasteiger charge is 2.27. The van der Waals surface area contributed by atoms with Crippen LogP contribution in [0.15, 0.2) is 18.2 Å². The van der Waals surface area contributed by atoms with Crippen LogP contribution in [0.5, 0.6) is 5.75 Å². The number of carbonyl (C=O) groups excluding carboxylic acids is 1. The Labute approximate surface area is 95.0 Å². The van der Waals surface area contributed by atoms with Crippen LogP contribution in [0.1, 0.15) is 12.5 Å². The van der Waals surface area contributed by atoms with Crippen molar-refractivity contribution in [2.24, 2.45) is 5.73 Å². The zero-order valence-electron chi connectivity index (χ0n) is 9.56. The fourth-order valence-electron chi connectivity index (χ4n) is 1.86. The summed E-state index contributed by atoms with van der Waals surface area (Å²) in [6.45, 7) is 4.77. The molecule has 1 aliphatic rings. The Morgan fingerprint density at radius 1 is 1.56 bits per heavy atom. The number of fused-ring (bicyclic) bond motifs is 1. The average molecular weight is 220 g/mol. The summed E-state index contributed by atoms with van der Waals surface area (Å²) in [5, 5.41) is 0. The molecule has 0 spiro atoms. The van der Waals surface area contributed by atoms with Gasteiger partial charge in [-0.1, -0.05) is 6.07 Å². The van der Waals surface area contributed by atoms with Crippen LogP contribution in [-0.2, 0) is 4.79 Å². The van der Waals surface area contributed by atoms with E-state index >= 15 is 0 Å². The van der Waals surface area contributed by atoms with E-state index in [2.05, 4.69) is 0 Å². The van der Waals surface area contributed by atoms with Crippen molar-refractivity contribution in [3.63, 3.8) is 0 Å². The second-order valence-corrected chi connectivity index (χ2v) is 3.97. The standard InChI is InChI=1S/C12H16N2O2/c1-3-14-10-6-8(2)4-5-11(10)16-7-9(13)12(14)15/h4-6,9H,3,7,13H2,1-2H3/t9-/m0/s1. The molecule has 1 aromatic rings. The minimum Gasteiger partial charge on any atom is -0.489 e. The van der Waals surface area contributed by atoms with Crippen LogP contribution in [0.4, 0.5) is 5.69 Å². The zero-order chi connectivity index (χ0) is 11.7. The fraction of sp³-hybridized carbons (Fsp3) is 0.417. The highest BCUT2D eigenvalue weighted by atomic mass is 16.5. The molecule has 1 amide bonds. The van der Waals surface area contributed by atoms with Crippen molar-refractivity contribution in [1.29, 1.82) is 0 Å². The molecule has 1 heterocycles. The first-order chi connectivity index (χ1) is 7.63. The summed E-state index contributed by atoms with van der Waals surface area (Å²) in [6, 6.07) is 5.23. The van der Waals surface area contributed by atoms with Crippen LogP contribution in [0, 0.1) is 6.92 Å². The molecule has 0 saturated heterocycles. The molecule has 0 saturated carbocycles. The molecule has 4 nitrogen and oxygen atoms in total. The Balaban J connectivity index is 2.50. The summed E-state index contributed by atoms with van der Waals surface area (Å²) >= 11 is 0. The van der Waals surface area contributed by atoms with Gasteiger partial charge in [0.05, 0.1) is 5.69 Å². The fourth-order valence-corrected chi connectivity index (χ4v) is 1.86. The Bertz CT molecular complexity index is 417. The summed E-state index contributed by atoms with van der Waals surface area (Å²) in [7, 11) is 0. The maximum atomic E-state index is 12.0. The molecule has 0 bridgehead atoms. The van der Waals surface area contributed by atoms with Crippen LogP contribution in [0.2, 0.25) is 0 Å². The molecular formula is C12H16N2O2. The Hall–Kier alpha value is -1.55. The zero-order valence-corrected chi connectivity index (χ0v) is 9.56. The average Bonchev–Trinajstić information content (AvgIpc) is 2.38. The lowest BCUT2D eigenvalue weighted by atomic mass is 10.2. The van der Waals surface area contributed by atoms with Gasteiger partial charge in [-0.2, -0.15) is 0 Å². The summed E-state index contributed by atoms with van der Waals surface area (Å²) < 4.78 is 5.53. The Morgan fingerprint density at radius 3 is 3.00 bits per heavy atom. The van der Waals surface area contributed by atoms with Crippen LogP contribution in [0.3, 0.4) is 0 Å². The molecule has 0 unspecified atom stereocenters. The van der Waals surface area contributed by atoms with Gasteiger partial charge in [-0.25, -0.2) is 0 Å². The van der Waals surface area contributed by atoms with Gasteiger partial charge in [0.15, 0.2) is 0 Å². The molecule has 2 N–H and O–H groups in total. The van der Waals surface area contributed by atoms with Crippen molar-refractivity contribution in [3.05, 3.63) is 23.8 Å². The normalized spacial score (nSPS) is 20.1. The Kier molecular flexibility index (Phi) is 2.83. The lowest BCUT2D eigenvalue weighted by Crippen LogP contribution is -2.45. The molecule has 1 atom stereocenters. The number of nitrogens with zero attached hydrogens (tertiary/aromatic N) is 1. The summed E-state index contributed by atoms with van der Waals surface area (Å²) in [5.41, 5.74) is 7.67. The van der Waals surface area contributed by atoms with E-state index in [-0.39, 0.29) is 12.5 Å². The van der Waals surface area contributed by atoms with E-state index in [1.165, 1.54) is 0 Å². The maximum absolute atomic E-state index is 12.0. The third-order valence-corrected chi connectivity index (χ3v) is 2.72. The number of anilines is 1. The van der Waals surface area contributed by atoms with Crippen molar-refractivity contribution in [1.82, 2.24) is 0 Å². The number of hydrogen-bond donors (Lipinski definition) is 1. The number of amides is 1. The van der Waals surface area contributed by atoms with Crippen LogP contribution in [0.25, 0.3) is 0 Å². The molecule has 0 radical (unpaired) electrons. The topological polar surface area (TPSA) is 55.6 Å². The largest absolute Gasteiger partial charge is 0.489 e. The first-order valence-corrected chi connectivity index (χ1v) is 5.44. The number of hydrogen-bond acceptors (Lipinski definition) is 3. The molecule has 86 valence electrons. The lowest BCUT2D eigenvalue weighted by molar-refractivity contribution is -0.120. The number of likely N-dealkylation sites (N-methyl/N-ethyl adjacent to an activating group) is 1. The quantitative estimate of drug-likeness (QED) is 0.770. The number of ether oxygens (including phenoxy) is 1. The number of carbonyl (C=O) groups is 1. The van der Waals surface area contributed by atoms with Crippen LogP contribution >= 0.6 is 0 Å². The predicted octanol–water partition coefficient (Wildman–Crippen LogP) is 1.07. The van der Waals surface area contributed by atoms with Gasteiger partial charge in [0.1, 0.15) is 18.4 Å². The second kappa shape index (κ2) is 4.14. The second-order valence-electron chi connectivity index (χ2n) is 3.97. The summed E-state index contributed by atoms with van der Waals surface area (Å²) in [5.74, 6) is 0.653. The summed E-state index contributed by atoms with van der Waals surface area (Å²) in [6.07, 6.45) is 0.